The monoisotopic (exact) mass is 287 g/mol. The molecule has 0 spiro atoms. The van der Waals surface area contributed by atoms with Crippen LogP contribution in [0.2, 0.25) is 0 Å². The molecule has 0 aliphatic rings. The molecule has 0 aromatic heterocycles. The van der Waals surface area contributed by atoms with E-state index in [2.05, 4.69) is 35.8 Å². The van der Waals surface area contributed by atoms with E-state index in [1.54, 1.807) is 11.8 Å². The van der Waals surface area contributed by atoms with E-state index in [0.717, 1.165) is 12.1 Å². The van der Waals surface area contributed by atoms with Gasteiger partial charge in [0.15, 0.2) is 0 Å². The predicted molar refractivity (Wildman–Crippen MR) is 85.9 cm³/mol. The van der Waals surface area contributed by atoms with Crippen LogP contribution >= 0.6 is 11.8 Å². The minimum absolute atomic E-state index is 0.0117. The normalized spacial score (nSPS) is 13.9. The second-order valence-electron chi connectivity index (χ2n) is 4.87. The van der Waals surface area contributed by atoms with Gasteiger partial charge in [-0.05, 0) is 36.4 Å². The molecular weight excluding hydrogens is 266 g/mol. The number of aliphatic hydroxyl groups is 1. The predicted octanol–water partition coefficient (Wildman–Crippen LogP) is 3.62. The Hall–Kier alpha value is -1.29. The van der Waals surface area contributed by atoms with E-state index in [4.69, 9.17) is 0 Å². The van der Waals surface area contributed by atoms with E-state index < -0.39 is 6.10 Å². The third-order valence-electron chi connectivity index (χ3n) is 3.40. The molecule has 0 saturated heterocycles. The van der Waals surface area contributed by atoms with Gasteiger partial charge in [0.25, 0.3) is 0 Å². The zero-order valence-corrected chi connectivity index (χ0v) is 12.7. The smallest absolute Gasteiger partial charge is 0.0940 e. The molecule has 106 valence electrons. The van der Waals surface area contributed by atoms with Crippen molar-refractivity contribution in [3.8, 4) is 0 Å². The van der Waals surface area contributed by atoms with Crippen LogP contribution in [0.5, 0.6) is 0 Å². The quantitative estimate of drug-likeness (QED) is 0.796. The van der Waals surface area contributed by atoms with Crippen LogP contribution in [-0.2, 0) is 6.54 Å². The van der Waals surface area contributed by atoms with Crippen LogP contribution in [0.1, 0.15) is 24.2 Å². The van der Waals surface area contributed by atoms with Gasteiger partial charge in [0, 0.05) is 17.5 Å². The summed E-state index contributed by atoms with van der Waals surface area (Å²) in [5, 5.41) is 13.7. The second kappa shape index (κ2) is 7.48. The zero-order valence-electron chi connectivity index (χ0n) is 11.9. The van der Waals surface area contributed by atoms with Crippen molar-refractivity contribution in [3.05, 3.63) is 65.7 Å². The highest BCUT2D eigenvalue weighted by Crippen LogP contribution is 2.17. The summed E-state index contributed by atoms with van der Waals surface area (Å²) in [6.45, 7) is 2.77. The molecule has 0 heterocycles. The van der Waals surface area contributed by atoms with Crippen LogP contribution in [0.15, 0.2) is 59.5 Å². The van der Waals surface area contributed by atoms with Gasteiger partial charge in [-0.2, -0.15) is 0 Å². The Bertz CT molecular complexity index is 512. The summed E-state index contributed by atoms with van der Waals surface area (Å²) in [5.74, 6) is 0. The molecule has 0 radical (unpaired) electrons. The highest BCUT2D eigenvalue weighted by molar-refractivity contribution is 7.98. The maximum absolute atomic E-state index is 10.3. The summed E-state index contributed by atoms with van der Waals surface area (Å²) in [7, 11) is 0. The van der Waals surface area contributed by atoms with Crippen LogP contribution in [-0.4, -0.2) is 17.4 Å². The Kier molecular flexibility index (Phi) is 5.65. The highest BCUT2D eigenvalue weighted by atomic mass is 32.2. The molecule has 2 aromatic rings. The average Bonchev–Trinajstić information content (AvgIpc) is 2.53. The van der Waals surface area contributed by atoms with Crippen LogP contribution in [0, 0.1) is 0 Å². The van der Waals surface area contributed by atoms with Crippen molar-refractivity contribution >= 4 is 11.8 Å². The van der Waals surface area contributed by atoms with Crippen molar-refractivity contribution in [2.75, 3.05) is 6.26 Å². The number of rotatable bonds is 6. The SMILES string of the molecule is CSc1ccc(CN[C@@H](C)[C@@H](O)c2ccccc2)cc1. The molecule has 0 saturated carbocycles. The maximum Gasteiger partial charge on any atom is 0.0940 e. The van der Waals surface area contributed by atoms with Gasteiger partial charge < -0.3 is 10.4 Å². The molecule has 20 heavy (non-hydrogen) atoms. The van der Waals surface area contributed by atoms with Gasteiger partial charge in [-0.3, -0.25) is 0 Å². The summed E-state index contributed by atoms with van der Waals surface area (Å²) in [6.07, 6.45) is 1.59. The third kappa shape index (κ3) is 4.10. The fraction of sp³-hybridized carbons (Fsp3) is 0.294. The van der Waals surface area contributed by atoms with Crippen LogP contribution in [0.25, 0.3) is 0 Å². The van der Waals surface area contributed by atoms with Crippen molar-refractivity contribution in [2.24, 2.45) is 0 Å². The lowest BCUT2D eigenvalue weighted by molar-refractivity contribution is 0.135. The number of nitrogens with one attached hydrogen (secondary N) is 1. The van der Waals surface area contributed by atoms with Gasteiger partial charge in [-0.15, -0.1) is 11.8 Å². The van der Waals surface area contributed by atoms with Gasteiger partial charge in [0.05, 0.1) is 6.10 Å². The molecule has 2 aromatic carbocycles. The van der Waals surface area contributed by atoms with E-state index in [0.29, 0.717) is 0 Å². The Balaban J connectivity index is 1.89. The first kappa shape index (κ1) is 15.1. The Morgan fingerprint density at radius 1 is 1.05 bits per heavy atom. The van der Waals surface area contributed by atoms with Crippen molar-refractivity contribution in [2.45, 2.75) is 30.5 Å². The fourth-order valence-corrected chi connectivity index (χ4v) is 2.48. The minimum Gasteiger partial charge on any atom is -0.387 e. The highest BCUT2D eigenvalue weighted by Gasteiger charge is 2.15. The molecule has 2 rings (SSSR count). The second-order valence-corrected chi connectivity index (χ2v) is 5.75. The lowest BCUT2D eigenvalue weighted by Crippen LogP contribution is -2.31. The molecule has 2 N–H and O–H groups in total. The van der Waals surface area contributed by atoms with Gasteiger partial charge >= 0.3 is 0 Å². The minimum atomic E-state index is -0.485. The van der Waals surface area contributed by atoms with Crippen molar-refractivity contribution in [3.63, 3.8) is 0 Å². The summed E-state index contributed by atoms with van der Waals surface area (Å²) in [4.78, 5) is 1.27. The van der Waals surface area contributed by atoms with E-state index >= 15 is 0 Å². The first-order valence-corrected chi connectivity index (χ1v) is 8.02. The molecule has 3 heteroatoms. The number of hydrogen-bond donors (Lipinski definition) is 2. The molecule has 0 aliphatic carbocycles. The van der Waals surface area contributed by atoms with Crippen LogP contribution in [0.3, 0.4) is 0 Å². The molecule has 2 nitrogen and oxygen atoms in total. The molecule has 0 amide bonds. The number of aliphatic hydroxyl groups excluding tert-OH is 1. The van der Waals surface area contributed by atoms with E-state index in [1.165, 1.54) is 10.5 Å². The van der Waals surface area contributed by atoms with E-state index in [9.17, 15) is 5.11 Å². The first-order valence-electron chi connectivity index (χ1n) is 6.80. The average molecular weight is 287 g/mol. The molecular formula is C17H21NOS. The number of hydrogen-bond acceptors (Lipinski definition) is 3. The van der Waals surface area contributed by atoms with Crippen molar-refractivity contribution < 1.29 is 5.11 Å². The summed E-state index contributed by atoms with van der Waals surface area (Å²) in [6, 6.07) is 18.3. The maximum atomic E-state index is 10.3. The fourth-order valence-electron chi connectivity index (χ4n) is 2.07. The van der Waals surface area contributed by atoms with Gasteiger partial charge in [0.1, 0.15) is 0 Å². The molecule has 0 aliphatic heterocycles. The first-order chi connectivity index (χ1) is 9.70. The van der Waals surface area contributed by atoms with Crippen molar-refractivity contribution in [1.29, 1.82) is 0 Å². The molecule has 0 unspecified atom stereocenters. The Labute approximate surface area is 125 Å². The van der Waals surface area contributed by atoms with Gasteiger partial charge in [-0.1, -0.05) is 42.5 Å². The molecule has 0 bridgehead atoms. The number of benzene rings is 2. The molecule has 0 fully saturated rings. The topological polar surface area (TPSA) is 32.3 Å². The Morgan fingerprint density at radius 3 is 2.30 bits per heavy atom. The van der Waals surface area contributed by atoms with E-state index in [1.807, 2.05) is 37.3 Å². The van der Waals surface area contributed by atoms with Gasteiger partial charge in [0.2, 0.25) is 0 Å². The third-order valence-corrected chi connectivity index (χ3v) is 4.15. The lowest BCUT2D eigenvalue weighted by atomic mass is 10.0. The number of thioether (sulfide) groups is 1. The summed E-state index contributed by atoms with van der Waals surface area (Å²) < 4.78 is 0. The lowest BCUT2D eigenvalue weighted by Gasteiger charge is -2.20. The summed E-state index contributed by atoms with van der Waals surface area (Å²) >= 11 is 1.74. The zero-order chi connectivity index (χ0) is 14.4. The van der Waals surface area contributed by atoms with E-state index in [-0.39, 0.29) is 6.04 Å². The standard InChI is InChI=1S/C17H21NOS/c1-13(17(19)15-6-4-3-5-7-15)18-12-14-8-10-16(20-2)11-9-14/h3-11,13,17-19H,12H2,1-2H3/t13-,17+/m0/s1. The summed E-state index contributed by atoms with van der Waals surface area (Å²) in [5.41, 5.74) is 2.18. The van der Waals surface area contributed by atoms with Gasteiger partial charge in [-0.25, -0.2) is 0 Å². The van der Waals surface area contributed by atoms with Crippen molar-refractivity contribution in [1.82, 2.24) is 5.32 Å². The Morgan fingerprint density at radius 2 is 1.70 bits per heavy atom. The molecule has 2 atom stereocenters. The largest absolute Gasteiger partial charge is 0.387 e. The van der Waals surface area contributed by atoms with Crippen LogP contribution in [0.4, 0.5) is 0 Å². The van der Waals surface area contributed by atoms with Crippen LogP contribution < -0.4 is 5.32 Å².